The number of methoxy groups -OCH3 is 1. The van der Waals surface area contributed by atoms with Gasteiger partial charge in [-0.2, -0.15) is 0 Å². The summed E-state index contributed by atoms with van der Waals surface area (Å²) in [7, 11) is 1.80. The molecule has 0 aliphatic heterocycles. The summed E-state index contributed by atoms with van der Waals surface area (Å²) in [6.07, 6.45) is 9.66. The highest BCUT2D eigenvalue weighted by atomic mass is 16.5. The van der Waals surface area contributed by atoms with Crippen molar-refractivity contribution in [1.29, 1.82) is 0 Å². The Bertz CT molecular complexity index is 768. The SMILES string of the molecule is CCCCCN(CCCCC)Cc1c(OC)cc(-c2c(CC)cccc2CC)nc1C. The van der Waals surface area contributed by atoms with Crippen LogP contribution in [0.25, 0.3) is 11.3 Å². The summed E-state index contributed by atoms with van der Waals surface area (Å²) >= 11 is 0. The fourth-order valence-electron chi connectivity index (χ4n) is 4.41. The fourth-order valence-corrected chi connectivity index (χ4v) is 4.41. The summed E-state index contributed by atoms with van der Waals surface area (Å²) in [5.74, 6) is 0.978. The Morgan fingerprint density at radius 2 is 1.45 bits per heavy atom. The van der Waals surface area contributed by atoms with Crippen LogP contribution in [0.5, 0.6) is 5.75 Å². The Hall–Kier alpha value is -1.87. The predicted octanol–water partition coefficient (Wildman–Crippen LogP) is 7.37. The molecule has 0 spiro atoms. The first-order valence-corrected chi connectivity index (χ1v) is 12.5. The molecular weight excluding hydrogens is 380 g/mol. The first-order valence-electron chi connectivity index (χ1n) is 12.5. The van der Waals surface area contributed by atoms with Crippen molar-refractivity contribution < 1.29 is 4.74 Å². The van der Waals surface area contributed by atoms with Crippen LogP contribution >= 0.6 is 0 Å². The molecule has 0 saturated carbocycles. The molecule has 0 amide bonds. The van der Waals surface area contributed by atoms with Gasteiger partial charge >= 0.3 is 0 Å². The van der Waals surface area contributed by atoms with Crippen molar-refractivity contribution in [2.75, 3.05) is 20.2 Å². The summed E-state index contributed by atoms with van der Waals surface area (Å²) in [6.45, 7) is 14.4. The summed E-state index contributed by atoms with van der Waals surface area (Å²) in [5, 5.41) is 0. The molecule has 0 N–H and O–H groups in total. The van der Waals surface area contributed by atoms with E-state index >= 15 is 0 Å². The third-order valence-corrected chi connectivity index (χ3v) is 6.30. The van der Waals surface area contributed by atoms with Gasteiger partial charge in [-0.15, -0.1) is 0 Å². The molecule has 1 heterocycles. The van der Waals surface area contributed by atoms with Crippen molar-refractivity contribution in [3.05, 3.63) is 46.6 Å². The molecule has 0 bridgehead atoms. The summed E-state index contributed by atoms with van der Waals surface area (Å²) in [4.78, 5) is 7.71. The minimum Gasteiger partial charge on any atom is -0.496 e. The monoisotopic (exact) mass is 424 g/mol. The molecule has 0 fully saturated rings. The summed E-state index contributed by atoms with van der Waals surface area (Å²) < 4.78 is 5.92. The highest BCUT2D eigenvalue weighted by Gasteiger charge is 2.18. The number of hydrogen-bond donors (Lipinski definition) is 0. The van der Waals surface area contributed by atoms with Crippen molar-refractivity contribution in [3.63, 3.8) is 0 Å². The van der Waals surface area contributed by atoms with E-state index in [1.807, 2.05) is 0 Å². The number of rotatable bonds is 14. The molecule has 0 atom stereocenters. The number of hydrogen-bond acceptors (Lipinski definition) is 3. The van der Waals surface area contributed by atoms with Gasteiger partial charge in [0.2, 0.25) is 0 Å². The topological polar surface area (TPSA) is 25.4 Å². The molecule has 2 aromatic rings. The normalized spacial score (nSPS) is 11.3. The van der Waals surface area contributed by atoms with E-state index in [2.05, 4.69) is 63.8 Å². The van der Waals surface area contributed by atoms with E-state index in [1.54, 1.807) is 7.11 Å². The van der Waals surface area contributed by atoms with E-state index in [-0.39, 0.29) is 0 Å². The van der Waals surface area contributed by atoms with Crippen LogP contribution in [-0.2, 0) is 19.4 Å². The van der Waals surface area contributed by atoms with E-state index in [9.17, 15) is 0 Å². The molecule has 0 aliphatic carbocycles. The van der Waals surface area contributed by atoms with Crippen LogP contribution in [0, 0.1) is 6.92 Å². The third kappa shape index (κ3) is 7.07. The average Bonchev–Trinajstić information content (AvgIpc) is 2.79. The first-order chi connectivity index (χ1) is 15.1. The molecule has 0 saturated heterocycles. The van der Waals surface area contributed by atoms with Gasteiger partial charge < -0.3 is 4.74 Å². The smallest absolute Gasteiger partial charge is 0.127 e. The summed E-state index contributed by atoms with van der Waals surface area (Å²) in [5.41, 5.74) is 7.41. The van der Waals surface area contributed by atoms with Crippen LogP contribution in [0.2, 0.25) is 0 Å². The number of unbranched alkanes of at least 4 members (excludes halogenated alkanes) is 4. The zero-order chi connectivity index (χ0) is 22.6. The van der Waals surface area contributed by atoms with Gasteiger partial charge in [-0.1, -0.05) is 71.6 Å². The molecule has 1 aromatic carbocycles. The van der Waals surface area contributed by atoms with Crippen molar-refractivity contribution in [2.45, 2.75) is 92.5 Å². The lowest BCUT2D eigenvalue weighted by Gasteiger charge is -2.25. The largest absolute Gasteiger partial charge is 0.496 e. The standard InChI is InChI=1S/C28H44N2O/c1-7-11-13-18-30(19-14-12-8-2)21-25-22(5)29-26(20-27(25)31-6)28-23(9-3)16-15-17-24(28)10-4/h15-17,20H,7-14,18-19,21H2,1-6H3. The fraction of sp³-hybridized carbons (Fsp3) is 0.607. The molecule has 0 aliphatic rings. The lowest BCUT2D eigenvalue weighted by Crippen LogP contribution is -2.26. The molecule has 3 heteroatoms. The second-order valence-electron chi connectivity index (χ2n) is 8.62. The average molecular weight is 425 g/mol. The first kappa shape index (κ1) is 25.4. The van der Waals surface area contributed by atoms with Crippen LogP contribution in [-0.4, -0.2) is 30.1 Å². The minimum atomic E-state index is 0.922. The van der Waals surface area contributed by atoms with Gasteiger partial charge in [0.1, 0.15) is 5.75 Å². The van der Waals surface area contributed by atoms with E-state index < -0.39 is 0 Å². The second kappa shape index (κ2) is 13.5. The van der Waals surface area contributed by atoms with Crippen molar-refractivity contribution in [1.82, 2.24) is 9.88 Å². The number of benzene rings is 1. The molecule has 172 valence electrons. The Balaban J connectivity index is 2.37. The number of ether oxygens (including phenoxy) is 1. The Morgan fingerprint density at radius 1 is 0.871 bits per heavy atom. The van der Waals surface area contributed by atoms with Gasteiger partial charge in [-0.25, -0.2) is 0 Å². The maximum absolute atomic E-state index is 5.92. The van der Waals surface area contributed by atoms with E-state index in [0.717, 1.165) is 49.6 Å². The number of pyridine rings is 1. The number of aromatic nitrogens is 1. The zero-order valence-electron chi connectivity index (χ0n) is 20.9. The van der Waals surface area contributed by atoms with E-state index in [0.29, 0.717) is 0 Å². The Labute approximate surface area is 191 Å². The molecule has 2 rings (SSSR count). The minimum absolute atomic E-state index is 0.922. The van der Waals surface area contributed by atoms with Crippen LogP contribution in [0.1, 0.15) is 88.6 Å². The maximum Gasteiger partial charge on any atom is 0.127 e. The van der Waals surface area contributed by atoms with Gasteiger partial charge in [0.05, 0.1) is 12.8 Å². The van der Waals surface area contributed by atoms with Crippen molar-refractivity contribution >= 4 is 0 Å². The molecule has 1 aromatic heterocycles. The molecule has 31 heavy (non-hydrogen) atoms. The molecule has 0 radical (unpaired) electrons. The lowest BCUT2D eigenvalue weighted by molar-refractivity contribution is 0.249. The van der Waals surface area contributed by atoms with Crippen molar-refractivity contribution in [2.24, 2.45) is 0 Å². The zero-order valence-corrected chi connectivity index (χ0v) is 20.9. The van der Waals surface area contributed by atoms with E-state index in [1.165, 1.54) is 60.8 Å². The van der Waals surface area contributed by atoms with Gasteiger partial charge in [0, 0.05) is 29.4 Å². The molecule has 3 nitrogen and oxygen atoms in total. The van der Waals surface area contributed by atoms with Gasteiger partial charge in [-0.05, 0) is 56.8 Å². The predicted molar refractivity (Wildman–Crippen MR) is 134 cm³/mol. The third-order valence-electron chi connectivity index (χ3n) is 6.30. The van der Waals surface area contributed by atoms with Crippen LogP contribution in [0.4, 0.5) is 0 Å². The highest BCUT2D eigenvalue weighted by Crippen LogP contribution is 2.33. The van der Waals surface area contributed by atoms with Crippen LogP contribution in [0.3, 0.4) is 0 Å². The second-order valence-corrected chi connectivity index (χ2v) is 8.62. The van der Waals surface area contributed by atoms with Crippen LogP contribution in [0.15, 0.2) is 24.3 Å². The van der Waals surface area contributed by atoms with Crippen molar-refractivity contribution in [3.8, 4) is 17.0 Å². The summed E-state index contributed by atoms with van der Waals surface area (Å²) in [6, 6.07) is 8.81. The van der Waals surface area contributed by atoms with E-state index in [4.69, 9.17) is 9.72 Å². The Kier molecular flexibility index (Phi) is 11.1. The molecular formula is C28H44N2O. The van der Waals surface area contributed by atoms with Crippen LogP contribution < -0.4 is 4.74 Å². The van der Waals surface area contributed by atoms with Gasteiger partial charge in [0.15, 0.2) is 0 Å². The van der Waals surface area contributed by atoms with Gasteiger partial charge in [-0.3, -0.25) is 9.88 Å². The van der Waals surface area contributed by atoms with Gasteiger partial charge in [0.25, 0.3) is 0 Å². The molecule has 0 unspecified atom stereocenters. The quantitative estimate of drug-likeness (QED) is 0.296. The Morgan fingerprint density at radius 3 is 1.94 bits per heavy atom. The number of aryl methyl sites for hydroxylation is 3. The number of nitrogens with zero attached hydrogens (tertiary/aromatic N) is 2. The maximum atomic E-state index is 5.92. The highest BCUT2D eigenvalue weighted by molar-refractivity contribution is 5.70. The lowest BCUT2D eigenvalue weighted by atomic mass is 9.94.